The first-order valence-electron chi connectivity index (χ1n) is 9.30. The summed E-state index contributed by atoms with van der Waals surface area (Å²) in [6.45, 7) is 4.44. The van der Waals surface area contributed by atoms with Crippen LogP contribution in [0.15, 0.2) is 46.9 Å². The first kappa shape index (κ1) is 18.0. The summed E-state index contributed by atoms with van der Waals surface area (Å²) in [4.78, 5) is 2.56. The Labute approximate surface area is 167 Å². The molecule has 1 aliphatic heterocycles. The lowest BCUT2D eigenvalue weighted by Crippen LogP contribution is -2.31. The van der Waals surface area contributed by atoms with Gasteiger partial charge in [-0.2, -0.15) is 4.37 Å². The summed E-state index contributed by atoms with van der Waals surface area (Å²) in [6, 6.07) is 14.6. The first-order chi connectivity index (χ1) is 12.8. The molecule has 1 aliphatic rings. The Hall–Kier alpha value is -1.43. The number of nitrogens with zero attached hydrogens (tertiary/aromatic N) is 2. The average Bonchev–Trinajstić information content (AvgIpc) is 3.10. The van der Waals surface area contributed by atoms with Gasteiger partial charge in [-0.05, 0) is 74.2 Å². The third kappa shape index (κ3) is 4.27. The first-order valence-corrected chi connectivity index (χ1v) is 10.9. The highest BCUT2D eigenvalue weighted by Gasteiger charge is 2.11. The Balaban J connectivity index is 1.38. The van der Waals surface area contributed by atoms with Crippen LogP contribution in [0.3, 0.4) is 0 Å². The minimum absolute atomic E-state index is 0.778. The molecule has 5 heteroatoms. The van der Waals surface area contributed by atoms with Gasteiger partial charge in [-0.1, -0.05) is 34.5 Å². The Morgan fingerprint density at radius 2 is 1.85 bits per heavy atom. The van der Waals surface area contributed by atoms with E-state index in [-0.39, 0.29) is 0 Å². The topological polar surface area (TPSA) is 25.4 Å². The van der Waals surface area contributed by atoms with Crippen molar-refractivity contribution in [3.8, 4) is 17.0 Å². The van der Waals surface area contributed by atoms with Crippen molar-refractivity contribution >= 4 is 37.5 Å². The van der Waals surface area contributed by atoms with Gasteiger partial charge >= 0.3 is 0 Å². The highest BCUT2D eigenvalue weighted by atomic mass is 79.9. The van der Waals surface area contributed by atoms with E-state index < -0.39 is 0 Å². The van der Waals surface area contributed by atoms with E-state index in [0.29, 0.717) is 0 Å². The second-order valence-electron chi connectivity index (χ2n) is 6.80. The van der Waals surface area contributed by atoms with Crippen LogP contribution < -0.4 is 4.74 Å². The van der Waals surface area contributed by atoms with Crippen LogP contribution >= 0.6 is 27.5 Å². The Bertz CT molecular complexity index is 856. The van der Waals surface area contributed by atoms with Crippen LogP contribution in [-0.2, 0) is 0 Å². The largest absolute Gasteiger partial charge is 0.493 e. The third-order valence-electron chi connectivity index (χ3n) is 4.90. The van der Waals surface area contributed by atoms with Crippen LogP contribution in [0.2, 0.25) is 0 Å². The molecule has 0 saturated carbocycles. The molecule has 2 aromatic carbocycles. The number of benzene rings is 2. The molecular weight excluding hydrogens is 408 g/mol. The van der Waals surface area contributed by atoms with Gasteiger partial charge in [0.15, 0.2) is 0 Å². The quantitative estimate of drug-likeness (QED) is 0.449. The molecule has 0 N–H and O–H groups in total. The zero-order valence-electron chi connectivity index (χ0n) is 14.8. The number of halogens is 1. The predicted molar refractivity (Wildman–Crippen MR) is 113 cm³/mol. The minimum Gasteiger partial charge on any atom is -0.493 e. The van der Waals surface area contributed by atoms with E-state index in [2.05, 4.69) is 67.7 Å². The highest BCUT2D eigenvalue weighted by Crippen LogP contribution is 2.33. The van der Waals surface area contributed by atoms with Crippen molar-refractivity contribution in [3.63, 3.8) is 0 Å². The van der Waals surface area contributed by atoms with E-state index in [1.54, 1.807) is 0 Å². The van der Waals surface area contributed by atoms with E-state index in [4.69, 9.17) is 4.74 Å². The molecule has 2 heterocycles. The molecule has 136 valence electrons. The second-order valence-corrected chi connectivity index (χ2v) is 8.52. The molecule has 3 nitrogen and oxygen atoms in total. The molecular formula is C21H23BrN2OS. The second kappa shape index (κ2) is 8.51. The number of fused-ring (bicyclic) bond motifs is 1. The van der Waals surface area contributed by atoms with E-state index in [9.17, 15) is 0 Å². The summed E-state index contributed by atoms with van der Waals surface area (Å²) >= 11 is 5.02. The fourth-order valence-electron chi connectivity index (χ4n) is 3.48. The van der Waals surface area contributed by atoms with Gasteiger partial charge in [0.2, 0.25) is 0 Å². The van der Waals surface area contributed by atoms with Gasteiger partial charge in [-0.3, -0.25) is 0 Å². The zero-order valence-corrected chi connectivity index (χ0v) is 17.2. The minimum atomic E-state index is 0.778. The average molecular weight is 431 g/mol. The van der Waals surface area contributed by atoms with Crippen molar-refractivity contribution in [1.29, 1.82) is 0 Å². The van der Waals surface area contributed by atoms with Crippen LogP contribution in [0.4, 0.5) is 0 Å². The molecule has 0 amide bonds. The standard InChI is InChI=1S/C21H23BrN2OS/c22-17-7-5-16(6-8-17)21-19-10-9-18(15-20(19)26-23-21)25-14-4-13-24-11-2-1-3-12-24/h5-10,15H,1-4,11-14H2. The number of piperidine rings is 1. The summed E-state index contributed by atoms with van der Waals surface area (Å²) in [7, 11) is 0. The van der Waals surface area contributed by atoms with Crippen molar-refractivity contribution in [3.05, 3.63) is 46.9 Å². The molecule has 0 spiro atoms. The fraction of sp³-hybridized carbons (Fsp3) is 0.381. The van der Waals surface area contributed by atoms with Crippen LogP contribution in [0.1, 0.15) is 25.7 Å². The molecule has 1 fully saturated rings. The lowest BCUT2D eigenvalue weighted by Gasteiger charge is -2.26. The summed E-state index contributed by atoms with van der Waals surface area (Å²) in [5, 5.41) is 1.19. The normalized spacial score (nSPS) is 15.4. The molecule has 0 bridgehead atoms. The maximum absolute atomic E-state index is 5.98. The van der Waals surface area contributed by atoms with E-state index in [1.807, 2.05) is 0 Å². The maximum atomic E-state index is 5.98. The Morgan fingerprint density at radius 3 is 2.65 bits per heavy atom. The van der Waals surface area contributed by atoms with Gasteiger partial charge in [0.05, 0.1) is 17.0 Å². The molecule has 1 saturated heterocycles. The number of ether oxygens (including phenoxy) is 1. The molecule has 1 aromatic heterocycles. The molecule has 0 atom stereocenters. The number of hydrogen-bond acceptors (Lipinski definition) is 4. The molecule has 0 radical (unpaired) electrons. The third-order valence-corrected chi connectivity index (χ3v) is 6.23. The lowest BCUT2D eigenvalue weighted by molar-refractivity contribution is 0.205. The number of aromatic nitrogens is 1. The van der Waals surface area contributed by atoms with Crippen molar-refractivity contribution in [2.45, 2.75) is 25.7 Å². The van der Waals surface area contributed by atoms with Crippen molar-refractivity contribution < 1.29 is 4.74 Å². The van der Waals surface area contributed by atoms with E-state index in [0.717, 1.165) is 41.1 Å². The monoisotopic (exact) mass is 430 g/mol. The Kier molecular flexibility index (Phi) is 5.88. The maximum Gasteiger partial charge on any atom is 0.120 e. The van der Waals surface area contributed by atoms with Gasteiger partial charge in [0.1, 0.15) is 5.75 Å². The molecule has 26 heavy (non-hydrogen) atoms. The zero-order chi connectivity index (χ0) is 17.8. The summed E-state index contributed by atoms with van der Waals surface area (Å²) in [6.07, 6.45) is 5.18. The van der Waals surface area contributed by atoms with Crippen LogP contribution in [0.5, 0.6) is 5.75 Å². The molecule has 0 unspecified atom stereocenters. The van der Waals surface area contributed by atoms with Gasteiger partial charge < -0.3 is 9.64 Å². The SMILES string of the molecule is Brc1ccc(-c2nsc3cc(OCCCN4CCCCC4)ccc23)cc1. The summed E-state index contributed by atoms with van der Waals surface area (Å²) < 4.78 is 12.9. The van der Waals surface area contributed by atoms with Crippen LogP contribution in [-0.4, -0.2) is 35.5 Å². The molecule has 4 rings (SSSR count). The van der Waals surface area contributed by atoms with Gasteiger partial charge in [0.25, 0.3) is 0 Å². The number of rotatable bonds is 6. The van der Waals surface area contributed by atoms with Crippen LogP contribution in [0, 0.1) is 0 Å². The van der Waals surface area contributed by atoms with Gasteiger partial charge in [0, 0.05) is 22.0 Å². The van der Waals surface area contributed by atoms with E-state index in [1.165, 1.54) is 54.0 Å². The molecule has 0 aliphatic carbocycles. The van der Waals surface area contributed by atoms with Gasteiger partial charge in [-0.15, -0.1) is 0 Å². The number of likely N-dealkylation sites (tertiary alicyclic amines) is 1. The highest BCUT2D eigenvalue weighted by molar-refractivity contribution is 9.10. The summed E-state index contributed by atoms with van der Waals surface area (Å²) in [5.41, 5.74) is 2.20. The smallest absolute Gasteiger partial charge is 0.120 e. The predicted octanol–water partition coefficient (Wildman–Crippen LogP) is 5.98. The van der Waals surface area contributed by atoms with Crippen molar-refractivity contribution in [2.75, 3.05) is 26.2 Å². The lowest BCUT2D eigenvalue weighted by atomic mass is 10.1. The molecule has 3 aromatic rings. The van der Waals surface area contributed by atoms with E-state index >= 15 is 0 Å². The Morgan fingerprint density at radius 1 is 1.04 bits per heavy atom. The van der Waals surface area contributed by atoms with Gasteiger partial charge in [-0.25, -0.2) is 0 Å². The summed E-state index contributed by atoms with van der Waals surface area (Å²) in [5.74, 6) is 0.946. The van der Waals surface area contributed by atoms with Crippen LogP contribution in [0.25, 0.3) is 21.3 Å². The van der Waals surface area contributed by atoms with Crippen molar-refractivity contribution in [2.24, 2.45) is 0 Å². The fourth-order valence-corrected chi connectivity index (χ4v) is 4.57. The van der Waals surface area contributed by atoms with Crippen molar-refractivity contribution in [1.82, 2.24) is 9.27 Å². The number of hydrogen-bond donors (Lipinski definition) is 0.